The Balaban J connectivity index is 1.18. The summed E-state index contributed by atoms with van der Waals surface area (Å²) in [5.41, 5.74) is 9.70. The van der Waals surface area contributed by atoms with Crippen LogP contribution in [0.2, 0.25) is 0 Å². The summed E-state index contributed by atoms with van der Waals surface area (Å²) in [6.45, 7) is 7.85. The van der Waals surface area contributed by atoms with Crippen LogP contribution in [0.3, 0.4) is 0 Å². The standard InChI is InChI=1S/C74H53F9O2/c1-44-10-6-12-56(38-44)68-66(52-24-20-50(21-25-52)54-19-18-46(3)47(4)40-54)69(57-13-7-11-45(2)39-57)71(59-15-9-17-61(42-59)73(78,79)80)67(70(68)58-14-8-16-60(41-58)72(75,76)77)53-26-22-51(23-27-53)55-32-37-65(64(43-55)74(81,82)83)85-63-35-30-49(31-36-63)48-28-33-62(84-5)34-29-48/h6-43H,1-5H3. The smallest absolute Gasteiger partial charge is 0.420 e. The van der Waals surface area contributed by atoms with Gasteiger partial charge in [-0.15, -0.1) is 0 Å². The van der Waals surface area contributed by atoms with E-state index in [4.69, 9.17) is 9.47 Å². The molecule has 11 aromatic rings. The SMILES string of the molecule is COc1ccc(-c2ccc(Oc3ccc(-c4ccc(-c5c(-c6cccc(C(F)(F)F)c6)c(-c6cccc(C)c6)c(-c6ccc(-c7ccc(C)c(C)c7)cc6)c(-c6cccc(C)c6)c5-c5cccc(C(F)(F)F)c5)cc4)cc3C(F)(F)F)cc2)cc1. The Bertz CT molecular complexity index is 4140. The number of benzene rings is 11. The molecule has 0 N–H and O–H groups in total. The zero-order valence-corrected chi connectivity index (χ0v) is 46.7. The van der Waals surface area contributed by atoms with Crippen LogP contribution < -0.4 is 9.47 Å². The average Bonchev–Trinajstić information content (AvgIpc) is 0.941. The van der Waals surface area contributed by atoms with E-state index in [1.807, 2.05) is 125 Å². The van der Waals surface area contributed by atoms with Crippen LogP contribution in [0.5, 0.6) is 17.2 Å². The van der Waals surface area contributed by atoms with E-state index in [1.54, 1.807) is 79.9 Å². The van der Waals surface area contributed by atoms with E-state index >= 15 is 39.5 Å². The van der Waals surface area contributed by atoms with Crippen molar-refractivity contribution in [2.45, 2.75) is 46.2 Å². The second-order valence-electron chi connectivity index (χ2n) is 21.2. The number of hydrogen-bond acceptors (Lipinski definition) is 2. The minimum atomic E-state index is -4.87. The Hall–Kier alpha value is -9.61. The van der Waals surface area contributed by atoms with Crippen LogP contribution in [-0.2, 0) is 18.5 Å². The Morgan fingerprint density at radius 3 is 1.01 bits per heavy atom. The van der Waals surface area contributed by atoms with Gasteiger partial charge in [-0.3, -0.25) is 0 Å². The molecule has 2 nitrogen and oxygen atoms in total. The van der Waals surface area contributed by atoms with Gasteiger partial charge in [0.2, 0.25) is 0 Å². The van der Waals surface area contributed by atoms with Crippen molar-refractivity contribution in [3.05, 3.63) is 269 Å². The van der Waals surface area contributed by atoms with Crippen LogP contribution in [0.15, 0.2) is 231 Å². The number of aryl methyl sites for hydroxylation is 4. The molecule has 0 unspecified atom stereocenters. The molecule has 0 spiro atoms. The lowest BCUT2D eigenvalue weighted by Crippen LogP contribution is -2.07. The van der Waals surface area contributed by atoms with Crippen molar-refractivity contribution in [3.63, 3.8) is 0 Å². The summed E-state index contributed by atoms with van der Waals surface area (Å²) in [6, 6.07) is 63.0. The average molecular weight is 1150 g/mol. The summed E-state index contributed by atoms with van der Waals surface area (Å²) in [6.07, 6.45) is -14.5. The van der Waals surface area contributed by atoms with Gasteiger partial charge in [-0.05, 0) is 200 Å². The molecule has 0 heterocycles. The maximum absolute atomic E-state index is 15.1. The molecular weight excluding hydrogens is 1090 g/mol. The van der Waals surface area contributed by atoms with Crippen molar-refractivity contribution in [3.8, 4) is 117 Å². The molecule has 424 valence electrons. The fourth-order valence-corrected chi connectivity index (χ4v) is 11.0. The maximum Gasteiger partial charge on any atom is 0.420 e. The Kier molecular flexibility index (Phi) is 15.4. The molecule has 0 aromatic heterocycles. The first-order valence-electron chi connectivity index (χ1n) is 27.3. The third-order valence-electron chi connectivity index (χ3n) is 15.4. The van der Waals surface area contributed by atoms with E-state index in [2.05, 4.69) is 6.07 Å². The fraction of sp³-hybridized carbons (Fsp3) is 0.108. The molecule has 85 heavy (non-hydrogen) atoms. The van der Waals surface area contributed by atoms with Crippen molar-refractivity contribution < 1.29 is 49.0 Å². The monoisotopic (exact) mass is 1140 g/mol. The lowest BCUT2D eigenvalue weighted by atomic mass is 9.73. The summed E-state index contributed by atoms with van der Waals surface area (Å²) in [5, 5.41) is 0. The molecule has 0 bridgehead atoms. The number of alkyl halides is 9. The Morgan fingerprint density at radius 1 is 0.271 bits per heavy atom. The molecule has 11 rings (SSSR count). The van der Waals surface area contributed by atoms with Crippen molar-refractivity contribution in [2.75, 3.05) is 7.11 Å². The van der Waals surface area contributed by atoms with E-state index in [-0.39, 0.29) is 39.1 Å². The normalized spacial score (nSPS) is 11.9. The van der Waals surface area contributed by atoms with Crippen LogP contribution >= 0.6 is 0 Å². The van der Waals surface area contributed by atoms with Crippen molar-refractivity contribution in [1.82, 2.24) is 0 Å². The van der Waals surface area contributed by atoms with Gasteiger partial charge in [-0.25, -0.2) is 0 Å². The number of hydrogen-bond donors (Lipinski definition) is 0. The zero-order chi connectivity index (χ0) is 60.0. The van der Waals surface area contributed by atoms with Crippen LogP contribution in [-0.4, -0.2) is 7.11 Å². The van der Waals surface area contributed by atoms with Crippen molar-refractivity contribution in [2.24, 2.45) is 0 Å². The molecule has 0 aliphatic carbocycles. The third-order valence-corrected chi connectivity index (χ3v) is 15.4. The Labute approximate surface area is 487 Å². The van der Waals surface area contributed by atoms with Gasteiger partial charge in [-0.1, -0.05) is 181 Å². The first-order valence-corrected chi connectivity index (χ1v) is 27.3. The maximum atomic E-state index is 15.1. The second-order valence-corrected chi connectivity index (χ2v) is 21.2. The summed E-state index contributed by atoms with van der Waals surface area (Å²) in [7, 11) is 1.56. The highest BCUT2D eigenvalue weighted by Crippen LogP contribution is 2.57. The molecule has 0 saturated carbocycles. The van der Waals surface area contributed by atoms with Gasteiger partial charge in [0, 0.05) is 0 Å². The molecule has 0 aliphatic rings. The predicted molar refractivity (Wildman–Crippen MR) is 322 cm³/mol. The largest absolute Gasteiger partial charge is 0.497 e. The number of rotatable bonds is 12. The van der Waals surface area contributed by atoms with Gasteiger partial charge in [-0.2, -0.15) is 39.5 Å². The van der Waals surface area contributed by atoms with Gasteiger partial charge in [0.15, 0.2) is 0 Å². The van der Waals surface area contributed by atoms with Crippen LogP contribution in [0.1, 0.15) is 38.9 Å². The first-order chi connectivity index (χ1) is 40.6. The number of ether oxygens (including phenoxy) is 2. The van der Waals surface area contributed by atoms with Gasteiger partial charge in [0.05, 0.1) is 23.8 Å². The first kappa shape index (κ1) is 57.2. The number of halogens is 9. The van der Waals surface area contributed by atoms with E-state index < -0.39 is 41.0 Å². The highest BCUT2D eigenvalue weighted by molar-refractivity contribution is 6.15. The van der Waals surface area contributed by atoms with E-state index in [1.165, 1.54) is 24.3 Å². The lowest BCUT2D eigenvalue weighted by molar-refractivity contribution is -0.139. The van der Waals surface area contributed by atoms with Crippen molar-refractivity contribution in [1.29, 1.82) is 0 Å². The van der Waals surface area contributed by atoms with Gasteiger partial charge < -0.3 is 9.47 Å². The molecular formula is C74H53F9O2. The Morgan fingerprint density at radius 2 is 0.612 bits per heavy atom. The zero-order valence-electron chi connectivity index (χ0n) is 46.7. The molecule has 0 fully saturated rings. The summed E-state index contributed by atoms with van der Waals surface area (Å²) in [5.74, 6) is 0.406. The molecule has 11 heteroatoms. The van der Waals surface area contributed by atoms with Gasteiger partial charge >= 0.3 is 18.5 Å². The van der Waals surface area contributed by atoms with Gasteiger partial charge in [0.25, 0.3) is 0 Å². The fourth-order valence-electron chi connectivity index (χ4n) is 11.0. The van der Waals surface area contributed by atoms with E-state index in [0.717, 1.165) is 74.8 Å². The topological polar surface area (TPSA) is 18.5 Å². The summed E-state index contributed by atoms with van der Waals surface area (Å²) < 4.78 is 147. The molecule has 0 saturated heterocycles. The molecule has 0 radical (unpaired) electrons. The summed E-state index contributed by atoms with van der Waals surface area (Å²) >= 11 is 0. The highest BCUT2D eigenvalue weighted by atomic mass is 19.4. The molecule has 11 aromatic carbocycles. The highest BCUT2D eigenvalue weighted by Gasteiger charge is 2.37. The molecule has 0 atom stereocenters. The van der Waals surface area contributed by atoms with E-state index in [9.17, 15) is 0 Å². The molecule has 0 aliphatic heterocycles. The lowest BCUT2D eigenvalue weighted by Gasteiger charge is -2.29. The predicted octanol–water partition coefficient (Wildman–Crippen LogP) is 22.8. The molecule has 0 amide bonds. The van der Waals surface area contributed by atoms with Crippen LogP contribution in [0, 0.1) is 27.7 Å². The van der Waals surface area contributed by atoms with Crippen LogP contribution in [0.25, 0.3) is 100 Å². The quantitative estimate of drug-likeness (QED) is 0.114. The number of methoxy groups -OCH3 is 1. The van der Waals surface area contributed by atoms with Crippen molar-refractivity contribution >= 4 is 0 Å². The van der Waals surface area contributed by atoms with E-state index in [0.29, 0.717) is 50.3 Å². The van der Waals surface area contributed by atoms with Gasteiger partial charge in [0.1, 0.15) is 17.2 Å². The summed E-state index contributed by atoms with van der Waals surface area (Å²) in [4.78, 5) is 0. The third kappa shape index (κ3) is 12.0. The minimum absolute atomic E-state index is 0.114. The van der Waals surface area contributed by atoms with Crippen LogP contribution in [0.4, 0.5) is 39.5 Å². The second kappa shape index (κ2) is 22.9. The minimum Gasteiger partial charge on any atom is -0.497 e.